The number of halogens is 1. The number of nitrogens with zero attached hydrogens (tertiary/aromatic N) is 1. The molecule has 0 aliphatic heterocycles. The van der Waals surface area contributed by atoms with Gasteiger partial charge in [-0.2, -0.15) is 0 Å². The molecular formula is C26H16ClN3O2. The van der Waals surface area contributed by atoms with Crippen molar-refractivity contribution < 1.29 is 8.83 Å². The maximum atomic E-state index is 8.72. The number of fused-ring (bicyclic) bond motifs is 6. The maximum absolute atomic E-state index is 8.72. The first-order chi connectivity index (χ1) is 15.6. The molecule has 4 aromatic carbocycles. The van der Waals surface area contributed by atoms with E-state index in [2.05, 4.69) is 4.99 Å². The van der Waals surface area contributed by atoms with Crippen molar-refractivity contribution in [3.05, 3.63) is 95.0 Å². The summed E-state index contributed by atoms with van der Waals surface area (Å²) in [7, 11) is 0. The zero-order chi connectivity index (χ0) is 21.8. The lowest BCUT2D eigenvalue weighted by atomic mass is 10.0. The van der Waals surface area contributed by atoms with Crippen LogP contribution in [0.15, 0.2) is 92.7 Å². The SMILES string of the molecule is N=C(/N=C(\N)c1cccc2oc3cc(Cl)ccc3c12)c1cccc2oc3ccccc3c12. The summed E-state index contributed by atoms with van der Waals surface area (Å²) in [5, 5.41) is 12.9. The predicted octanol–water partition coefficient (Wildman–Crippen LogP) is 6.87. The molecule has 0 aliphatic carbocycles. The van der Waals surface area contributed by atoms with Gasteiger partial charge in [0, 0.05) is 43.8 Å². The third kappa shape index (κ3) is 2.79. The number of furan rings is 2. The lowest BCUT2D eigenvalue weighted by Gasteiger charge is -2.05. The van der Waals surface area contributed by atoms with Crippen molar-refractivity contribution in [3.8, 4) is 0 Å². The van der Waals surface area contributed by atoms with Crippen LogP contribution in [0.3, 0.4) is 0 Å². The molecule has 0 aliphatic rings. The molecule has 154 valence electrons. The minimum atomic E-state index is 0.0625. The molecule has 0 fully saturated rings. The number of amidine groups is 2. The molecular weight excluding hydrogens is 422 g/mol. The summed E-state index contributed by atoms with van der Waals surface area (Å²) in [6.07, 6.45) is 0. The second-order valence-electron chi connectivity index (χ2n) is 7.54. The van der Waals surface area contributed by atoms with Gasteiger partial charge in [-0.25, -0.2) is 4.99 Å². The Balaban J connectivity index is 1.52. The minimum absolute atomic E-state index is 0.0625. The molecule has 2 aromatic heterocycles. The van der Waals surface area contributed by atoms with E-state index in [1.165, 1.54) is 0 Å². The summed E-state index contributed by atoms with van der Waals surface area (Å²) in [4.78, 5) is 4.48. The molecule has 6 rings (SSSR count). The second kappa shape index (κ2) is 6.97. The van der Waals surface area contributed by atoms with E-state index in [1.807, 2.05) is 72.8 Å². The quantitative estimate of drug-likeness (QED) is 0.229. The normalized spacial score (nSPS) is 12.3. The summed E-state index contributed by atoms with van der Waals surface area (Å²) in [5.41, 5.74) is 10.6. The van der Waals surface area contributed by atoms with Crippen molar-refractivity contribution >= 4 is 67.1 Å². The van der Waals surface area contributed by atoms with E-state index in [0.29, 0.717) is 32.9 Å². The summed E-state index contributed by atoms with van der Waals surface area (Å²) in [6, 6.07) is 24.5. The van der Waals surface area contributed by atoms with Crippen LogP contribution >= 0.6 is 11.6 Å². The molecule has 6 heteroatoms. The number of nitrogens with one attached hydrogen (secondary N) is 1. The van der Waals surface area contributed by atoms with E-state index >= 15 is 0 Å². The van der Waals surface area contributed by atoms with E-state index in [0.717, 1.165) is 27.1 Å². The highest BCUT2D eigenvalue weighted by molar-refractivity contribution is 6.31. The van der Waals surface area contributed by atoms with Crippen molar-refractivity contribution in [2.24, 2.45) is 10.7 Å². The molecule has 0 bridgehead atoms. The number of para-hydroxylation sites is 1. The molecule has 0 amide bonds. The van der Waals surface area contributed by atoms with Gasteiger partial charge in [-0.15, -0.1) is 0 Å². The van der Waals surface area contributed by atoms with Crippen molar-refractivity contribution in [2.45, 2.75) is 0 Å². The Kier molecular flexibility index (Phi) is 4.06. The molecule has 3 N–H and O–H groups in total. The Morgan fingerprint density at radius 2 is 1.34 bits per heavy atom. The largest absolute Gasteiger partial charge is 0.456 e. The van der Waals surface area contributed by atoms with Crippen molar-refractivity contribution in [1.29, 1.82) is 5.41 Å². The van der Waals surface area contributed by atoms with Gasteiger partial charge in [0.05, 0.1) is 0 Å². The zero-order valence-electron chi connectivity index (χ0n) is 16.7. The fourth-order valence-corrected chi connectivity index (χ4v) is 4.39. The highest BCUT2D eigenvalue weighted by Gasteiger charge is 2.16. The fraction of sp³-hybridized carbons (Fsp3) is 0. The van der Waals surface area contributed by atoms with Crippen LogP contribution in [0.4, 0.5) is 0 Å². The predicted molar refractivity (Wildman–Crippen MR) is 130 cm³/mol. The van der Waals surface area contributed by atoms with Gasteiger partial charge in [-0.1, -0.05) is 54.1 Å². The summed E-state index contributed by atoms with van der Waals surface area (Å²) in [6.45, 7) is 0. The van der Waals surface area contributed by atoms with Crippen LogP contribution in [0, 0.1) is 5.41 Å². The number of rotatable bonds is 2. The Hall–Kier alpha value is -4.09. The van der Waals surface area contributed by atoms with Gasteiger partial charge < -0.3 is 14.6 Å². The number of hydrogen-bond donors (Lipinski definition) is 2. The van der Waals surface area contributed by atoms with Gasteiger partial charge in [-0.3, -0.25) is 5.41 Å². The molecule has 32 heavy (non-hydrogen) atoms. The maximum Gasteiger partial charge on any atom is 0.154 e. The first kappa shape index (κ1) is 18.7. The standard InChI is InChI=1S/C26H16ClN3O2/c27-14-11-12-16-22(13-14)32-21-10-4-7-18(24(16)21)26(29)30-25(28)17-6-3-9-20-23(17)15-5-1-2-8-19(15)31-20/h1-13H,(H3,28,29,30). The first-order valence-corrected chi connectivity index (χ1v) is 10.4. The highest BCUT2D eigenvalue weighted by Crippen LogP contribution is 2.34. The molecule has 5 nitrogen and oxygen atoms in total. The van der Waals surface area contributed by atoms with Gasteiger partial charge in [0.2, 0.25) is 0 Å². The van der Waals surface area contributed by atoms with E-state index in [4.69, 9.17) is 31.6 Å². The van der Waals surface area contributed by atoms with Gasteiger partial charge in [-0.05, 0) is 30.3 Å². The van der Waals surface area contributed by atoms with Crippen molar-refractivity contribution in [2.75, 3.05) is 0 Å². The van der Waals surface area contributed by atoms with Gasteiger partial charge in [0.25, 0.3) is 0 Å². The molecule has 6 aromatic rings. The third-order valence-corrected chi connectivity index (χ3v) is 5.86. The average molecular weight is 438 g/mol. The van der Waals surface area contributed by atoms with E-state index in [9.17, 15) is 0 Å². The summed E-state index contributed by atoms with van der Waals surface area (Å²) >= 11 is 6.12. The van der Waals surface area contributed by atoms with Crippen LogP contribution in [0.25, 0.3) is 43.9 Å². The molecule has 0 saturated carbocycles. The molecule has 0 saturated heterocycles. The minimum Gasteiger partial charge on any atom is -0.456 e. The zero-order valence-corrected chi connectivity index (χ0v) is 17.5. The Morgan fingerprint density at radius 3 is 2.16 bits per heavy atom. The van der Waals surface area contributed by atoms with Crippen LogP contribution in [0.1, 0.15) is 11.1 Å². The van der Waals surface area contributed by atoms with Crippen LogP contribution in [0.5, 0.6) is 0 Å². The van der Waals surface area contributed by atoms with E-state index in [-0.39, 0.29) is 11.7 Å². The molecule has 2 heterocycles. The number of aliphatic imine (C=N–C) groups is 1. The Labute approximate surface area is 187 Å². The smallest absolute Gasteiger partial charge is 0.154 e. The number of hydrogen-bond acceptors (Lipinski definition) is 3. The molecule has 0 atom stereocenters. The van der Waals surface area contributed by atoms with Crippen LogP contribution in [-0.4, -0.2) is 11.7 Å². The number of benzene rings is 4. The van der Waals surface area contributed by atoms with Gasteiger partial charge in [0.1, 0.15) is 28.2 Å². The highest BCUT2D eigenvalue weighted by atomic mass is 35.5. The second-order valence-corrected chi connectivity index (χ2v) is 7.98. The van der Waals surface area contributed by atoms with E-state index < -0.39 is 0 Å². The molecule has 0 radical (unpaired) electrons. The monoisotopic (exact) mass is 437 g/mol. The van der Waals surface area contributed by atoms with Crippen molar-refractivity contribution in [1.82, 2.24) is 0 Å². The summed E-state index contributed by atoms with van der Waals surface area (Å²) in [5.74, 6) is 0.301. The average Bonchev–Trinajstić information content (AvgIpc) is 3.36. The van der Waals surface area contributed by atoms with Crippen LogP contribution in [-0.2, 0) is 0 Å². The third-order valence-electron chi connectivity index (χ3n) is 5.63. The Morgan fingerprint density at radius 1 is 0.719 bits per heavy atom. The van der Waals surface area contributed by atoms with Crippen LogP contribution < -0.4 is 5.73 Å². The van der Waals surface area contributed by atoms with Gasteiger partial charge in [0.15, 0.2) is 5.84 Å². The Bertz CT molecular complexity index is 1730. The van der Waals surface area contributed by atoms with E-state index in [1.54, 1.807) is 6.07 Å². The lowest BCUT2D eigenvalue weighted by Crippen LogP contribution is -2.16. The molecule has 0 spiro atoms. The molecule has 0 unspecified atom stereocenters. The van der Waals surface area contributed by atoms with Gasteiger partial charge >= 0.3 is 0 Å². The van der Waals surface area contributed by atoms with Crippen LogP contribution in [0.2, 0.25) is 5.02 Å². The van der Waals surface area contributed by atoms with Crippen molar-refractivity contribution in [3.63, 3.8) is 0 Å². The summed E-state index contributed by atoms with van der Waals surface area (Å²) < 4.78 is 11.9. The topological polar surface area (TPSA) is 88.5 Å². The lowest BCUT2D eigenvalue weighted by molar-refractivity contribution is 0.668. The fourth-order valence-electron chi connectivity index (χ4n) is 4.23. The first-order valence-electron chi connectivity index (χ1n) is 10.0. The number of nitrogens with two attached hydrogens (primary N) is 1.